The highest BCUT2D eigenvalue weighted by atomic mass is 127. The summed E-state index contributed by atoms with van der Waals surface area (Å²) >= 11 is 2.23. The lowest BCUT2D eigenvalue weighted by Crippen LogP contribution is -1.89. The third kappa shape index (κ3) is 2.02. The molecule has 0 radical (unpaired) electrons. The van der Waals surface area contributed by atoms with Crippen LogP contribution in [0.2, 0.25) is 0 Å². The van der Waals surface area contributed by atoms with Crippen LogP contribution >= 0.6 is 22.6 Å². The topological polar surface area (TPSA) is 48.9 Å². The van der Waals surface area contributed by atoms with Crippen molar-refractivity contribution in [1.29, 1.82) is 0 Å². The summed E-state index contributed by atoms with van der Waals surface area (Å²) in [6.07, 6.45) is 0. The summed E-state index contributed by atoms with van der Waals surface area (Å²) in [4.78, 5) is 7.86. The van der Waals surface area contributed by atoms with Crippen molar-refractivity contribution in [2.75, 3.05) is 0 Å². The Morgan fingerprint density at radius 2 is 2.00 bits per heavy atom. The second-order valence-electron chi connectivity index (χ2n) is 4.07. The summed E-state index contributed by atoms with van der Waals surface area (Å²) < 4.78 is 1.05. The van der Waals surface area contributed by atoms with Crippen LogP contribution in [-0.4, -0.2) is 15.1 Å². The van der Waals surface area contributed by atoms with Crippen molar-refractivity contribution < 1.29 is 5.11 Å². The molecule has 3 aromatic rings. The van der Waals surface area contributed by atoms with Crippen LogP contribution in [0.3, 0.4) is 0 Å². The van der Waals surface area contributed by atoms with Gasteiger partial charge in [-0.15, -0.1) is 0 Å². The van der Waals surface area contributed by atoms with Crippen LogP contribution in [0.15, 0.2) is 42.5 Å². The quantitative estimate of drug-likeness (QED) is 0.697. The highest BCUT2D eigenvalue weighted by Crippen LogP contribution is 2.23. The highest BCUT2D eigenvalue weighted by Gasteiger charge is 2.07. The van der Waals surface area contributed by atoms with Gasteiger partial charge in [-0.25, -0.2) is 4.98 Å². The maximum Gasteiger partial charge on any atom is 0.138 e. The highest BCUT2D eigenvalue weighted by molar-refractivity contribution is 14.1. The number of imidazole rings is 1. The molecular formula is C14H11IN2O. The van der Waals surface area contributed by atoms with Gasteiger partial charge in [-0.1, -0.05) is 24.3 Å². The van der Waals surface area contributed by atoms with Gasteiger partial charge in [0.15, 0.2) is 0 Å². The summed E-state index contributed by atoms with van der Waals surface area (Å²) in [5.74, 6) is 0.860. The molecule has 0 saturated heterocycles. The molecule has 0 bridgehead atoms. The standard InChI is InChI=1S/C14H11IN2O/c15-11-7-9(5-6-10(11)8-18)14-16-12-3-1-2-4-13(12)17-14/h1-7,18H,8H2,(H,16,17). The number of hydrogen-bond donors (Lipinski definition) is 2. The van der Waals surface area contributed by atoms with Crippen LogP contribution in [0.4, 0.5) is 0 Å². The average molecular weight is 350 g/mol. The van der Waals surface area contributed by atoms with Gasteiger partial charge in [-0.3, -0.25) is 0 Å². The molecule has 2 N–H and O–H groups in total. The lowest BCUT2D eigenvalue weighted by atomic mass is 10.1. The molecule has 0 atom stereocenters. The van der Waals surface area contributed by atoms with Crippen LogP contribution in [0, 0.1) is 3.57 Å². The first-order valence-electron chi connectivity index (χ1n) is 5.62. The summed E-state index contributed by atoms with van der Waals surface area (Å²) in [5, 5.41) is 9.17. The Labute approximate surface area is 118 Å². The predicted molar refractivity (Wildman–Crippen MR) is 80.2 cm³/mol. The number of fused-ring (bicyclic) bond motifs is 1. The zero-order chi connectivity index (χ0) is 12.5. The number of nitrogens with zero attached hydrogens (tertiary/aromatic N) is 1. The fraction of sp³-hybridized carbons (Fsp3) is 0.0714. The maximum absolute atomic E-state index is 9.17. The summed E-state index contributed by atoms with van der Waals surface area (Å²) in [6, 6.07) is 13.9. The van der Waals surface area contributed by atoms with Gasteiger partial charge in [-0.2, -0.15) is 0 Å². The second-order valence-corrected chi connectivity index (χ2v) is 5.23. The molecule has 3 nitrogen and oxygen atoms in total. The number of aliphatic hydroxyl groups is 1. The van der Waals surface area contributed by atoms with E-state index in [-0.39, 0.29) is 6.61 Å². The number of aliphatic hydroxyl groups excluding tert-OH is 1. The van der Waals surface area contributed by atoms with Crippen molar-refractivity contribution in [3.63, 3.8) is 0 Å². The van der Waals surface area contributed by atoms with E-state index in [0.29, 0.717) is 0 Å². The fourth-order valence-electron chi connectivity index (χ4n) is 1.91. The number of rotatable bonds is 2. The van der Waals surface area contributed by atoms with E-state index in [1.807, 2.05) is 42.5 Å². The minimum atomic E-state index is 0.0681. The van der Waals surface area contributed by atoms with Gasteiger partial charge in [0, 0.05) is 9.13 Å². The molecule has 0 aliphatic rings. The molecule has 2 aromatic carbocycles. The molecule has 0 aliphatic carbocycles. The van der Waals surface area contributed by atoms with Crippen molar-refractivity contribution in [2.24, 2.45) is 0 Å². The number of halogens is 1. The van der Waals surface area contributed by atoms with Crippen LogP contribution in [0.5, 0.6) is 0 Å². The van der Waals surface area contributed by atoms with E-state index in [1.54, 1.807) is 0 Å². The van der Waals surface area contributed by atoms with Gasteiger partial charge in [-0.05, 0) is 46.4 Å². The Morgan fingerprint density at radius 1 is 1.17 bits per heavy atom. The smallest absolute Gasteiger partial charge is 0.138 e. The average Bonchev–Trinajstić information content (AvgIpc) is 2.82. The summed E-state index contributed by atoms with van der Waals surface area (Å²) in [7, 11) is 0. The minimum Gasteiger partial charge on any atom is -0.392 e. The molecule has 18 heavy (non-hydrogen) atoms. The number of H-pyrrole nitrogens is 1. The summed E-state index contributed by atoms with van der Waals surface area (Å²) in [5.41, 5.74) is 3.98. The zero-order valence-corrected chi connectivity index (χ0v) is 11.7. The Morgan fingerprint density at radius 3 is 2.72 bits per heavy atom. The van der Waals surface area contributed by atoms with E-state index in [4.69, 9.17) is 5.11 Å². The zero-order valence-electron chi connectivity index (χ0n) is 9.52. The molecule has 0 saturated carbocycles. The van der Waals surface area contributed by atoms with Crippen LogP contribution in [0.25, 0.3) is 22.4 Å². The third-order valence-corrected chi connectivity index (χ3v) is 3.89. The number of nitrogens with one attached hydrogen (secondary N) is 1. The molecular weight excluding hydrogens is 339 g/mol. The van der Waals surface area contributed by atoms with Crippen LogP contribution < -0.4 is 0 Å². The van der Waals surface area contributed by atoms with Crippen molar-refractivity contribution >= 4 is 33.6 Å². The summed E-state index contributed by atoms with van der Waals surface area (Å²) in [6.45, 7) is 0.0681. The van der Waals surface area contributed by atoms with E-state index < -0.39 is 0 Å². The fourth-order valence-corrected chi connectivity index (χ4v) is 2.60. The van der Waals surface area contributed by atoms with Gasteiger partial charge >= 0.3 is 0 Å². The molecule has 0 fully saturated rings. The lowest BCUT2D eigenvalue weighted by molar-refractivity contribution is 0.281. The minimum absolute atomic E-state index is 0.0681. The van der Waals surface area contributed by atoms with Crippen molar-refractivity contribution in [3.8, 4) is 11.4 Å². The number of aromatic nitrogens is 2. The van der Waals surface area contributed by atoms with E-state index in [0.717, 1.165) is 31.6 Å². The molecule has 0 unspecified atom stereocenters. The van der Waals surface area contributed by atoms with E-state index in [2.05, 4.69) is 32.6 Å². The molecule has 90 valence electrons. The Bertz CT molecular complexity index is 673. The van der Waals surface area contributed by atoms with E-state index in [1.165, 1.54) is 0 Å². The Hall–Kier alpha value is -1.40. The molecule has 3 rings (SSSR count). The van der Waals surface area contributed by atoms with E-state index in [9.17, 15) is 0 Å². The maximum atomic E-state index is 9.17. The van der Waals surface area contributed by atoms with Gasteiger partial charge in [0.05, 0.1) is 17.6 Å². The van der Waals surface area contributed by atoms with E-state index >= 15 is 0 Å². The number of benzene rings is 2. The second kappa shape index (κ2) is 4.70. The Balaban J connectivity index is 2.11. The van der Waals surface area contributed by atoms with Crippen molar-refractivity contribution in [2.45, 2.75) is 6.61 Å². The lowest BCUT2D eigenvalue weighted by Gasteiger charge is -2.02. The molecule has 4 heteroatoms. The molecule has 1 heterocycles. The van der Waals surface area contributed by atoms with Crippen LogP contribution in [0.1, 0.15) is 5.56 Å². The van der Waals surface area contributed by atoms with Gasteiger partial charge in [0.25, 0.3) is 0 Å². The van der Waals surface area contributed by atoms with Gasteiger partial charge < -0.3 is 10.1 Å². The van der Waals surface area contributed by atoms with Crippen molar-refractivity contribution in [3.05, 3.63) is 51.6 Å². The van der Waals surface area contributed by atoms with Gasteiger partial charge in [0.1, 0.15) is 5.82 Å². The Kier molecular flexibility index (Phi) is 3.05. The SMILES string of the molecule is OCc1ccc(-c2nc3ccccc3[nH]2)cc1I. The third-order valence-electron chi connectivity index (χ3n) is 2.89. The van der Waals surface area contributed by atoms with Gasteiger partial charge in [0.2, 0.25) is 0 Å². The van der Waals surface area contributed by atoms with Crippen molar-refractivity contribution in [1.82, 2.24) is 9.97 Å². The molecule has 0 spiro atoms. The molecule has 0 amide bonds. The largest absolute Gasteiger partial charge is 0.392 e. The molecule has 0 aliphatic heterocycles. The monoisotopic (exact) mass is 350 g/mol. The molecule has 1 aromatic heterocycles. The first-order chi connectivity index (χ1) is 8.78. The first-order valence-corrected chi connectivity index (χ1v) is 6.70. The van der Waals surface area contributed by atoms with Crippen LogP contribution in [-0.2, 0) is 6.61 Å². The number of para-hydroxylation sites is 2. The number of hydrogen-bond acceptors (Lipinski definition) is 2. The predicted octanol–water partition coefficient (Wildman–Crippen LogP) is 3.33. The normalized spacial score (nSPS) is 11.0. The first kappa shape index (κ1) is 11.7. The number of aromatic amines is 1.